The zero-order valence-electron chi connectivity index (χ0n) is 20.0. The molecule has 1 unspecified atom stereocenters. The molecule has 0 spiro atoms. The SMILES string of the molecule is CCOC(=O)C1=C(N)N(c2ccc(Br)cc2)C(C(=O)OCC)=C(C(=O)OCC)C1c1ccccc1Br. The van der Waals surface area contributed by atoms with Crippen LogP contribution in [0.2, 0.25) is 0 Å². The molecule has 0 amide bonds. The molecule has 2 N–H and O–H groups in total. The molecule has 1 aliphatic rings. The van der Waals surface area contributed by atoms with E-state index in [9.17, 15) is 14.4 Å². The van der Waals surface area contributed by atoms with Crippen LogP contribution in [0.5, 0.6) is 0 Å². The van der Waals surface area contributed by atoms with Crippen molar-refractivity contribution in [3.8, 4) is 0 Å². The van der Waals surface area contributed by atoms with Crippen molar-refractivity contribution in [2.75, 3.05) is 24.7 Å². The number of carbonyl (C=O) groups excluding carboxylic acids is 3. The fourth-order valence-electron chi connectivity index (χ4n) is 3.92. The number of nitrogens with zero attached hydrogens (tertiary/aromatic N) is 1. The zero-order valence-corrected chi connectivity index (χ0v) is 23.2. The van der Waals surface area contributed by atoms with Crippen LogP contribution in [0.15, 0.2) is 80.1 Å². The highest BCUT2D eigenvalue weighted by Gasteiger charge is 2.46. The average Bonchev–Trinajstić information content (AvgIpc) is 2.84. The first-order valence-corrected chi connectivity index (χ1v) is 12.9. The lowest BCUT2D eigenvalue weighted by atomic mass is 9.80. The number of carbonyl (C=O) groups is 3. The zero-order chi connectivity index (χ0) is 26.4. The second-order valence-electron chi connectivity index (χ2n) is 7.49. The lowest BCUT2D eigenvalue weighted by Gasteiger charge is -2.37. The lowest BCUT2D eigenvalue weighted by molar-refractivity contribution is -0.142. The fraction of sp³-hybridized carbons (Fsp3) is 0.269. The molecule has 2 aromatic rings. The predicted octanol–water partition coefficient (Wildman–Crippen LogP) is 4.93. The Balaban J connectivity index is 2.47. The van der Waals surface area contributed by atoms with Gasteiger partial charge in [-0.3, -0.25) is 4.90 Å². The number of anilines is 1. The lowest BCUT2D eigenvalue weighted by Crippen LogP contribution is -2.43. The standard InChI is InChI=1S/C26H26Br2N2O6/c1-4-34-24(31)20-19(17-9-7-8-10-18(17)28)21(25(32)35-5-2)23(29)30(22(20)26(33)36-6-3)16-13-11-15(27)12-14-16/h7-14,19H,4-6,29H2,1-3H3. The molecule has 1 heterocycles. The van der Waals surface area contributed by atoms with Crippen LogP contribution in [0.1, 0.15) is 32.3 Å². The number of rotatable bonds is 8. The predicted molar refractivity (Wildman–Crippen MR) is 142 cm³/mol. The second-order valence-corrected chi connectivity index (χ2v) is 9.26. The minimum Gasteiger partial charge on any atom is -0.463 e. The molecule has 1 atom stereocenters. The summed E-state index contributed by atoms with van der Waals surface area (Å²) in [4.78, 5) is 41.7. The van der Waals surface area contributed by atoms with Crippen molar-refractivity contribution in [1.82, 2.24) is 0 Å². The highest BCUT2D eigenvalue weighted by Crippen LogP contribution is 2.45. The Morgan fingerprint density at radius 3 is 1.89 bits per heavy atom. The monoisotopic (exact) mass is 620 g/mol. The van der Waals surface area contributed by atoms with Crippen LogP contribution in [0.25, 0.3) is 0 Å². The van der Waals surface area contributed by atoms with Crippen molar-refractivity contribution in [2.24, 2.45) is 5.73 Å². The number of hydrogen-bond donors (Lipinski definition) is 1. The van der Waals surface area contributed by atoms with Gasteiger partial charge < -0.3 is 19.9 Å². The van der Waals surface area contributed by atoms with Crippen LogP contribution in [-0.4, -0.2) is 37.7 Å². The first-order valence-electron chi connectivity index (χ1n) is 11.3. The van der Waals surface area contributed by atoms with Crippen molar-refractivity contribution in [2.45, 2.75) is 26.7 Å². The van der Waals surface area contributed by atoms with Crippen LogP contribution in [0.3, 0.4) is 0 Å². The first kappa shape index (κ1) is 27.5. The van der Waals surface area contributed by atoms with E-state index < -0.39 is 23.8 Å². The Morgan fingerprint density at radius 1 is 0.806 bits per heavy atom. The van der Waals surface area contributed by atoms with Crippen LogP contribution in [-0.2, 0) is 28.6 Å². The third kappa shape index (κ3) is 5.49. The quantitative estimate of drug-likeness (QED) is 0.327. The van der Waals surface area contributed by atoms with E-state index in [1.165, 1.54) is 4.90 Å². The van der Waals surface area contributed by atoms with Gasteiger partial charge >= 0.3 is 17.9 Å². The minimum absolute atomic E-state index is 0.00257. The fourth-order valence-corrected chi connectivity index (χ4v) is 4.70. The van der Waals surface area contributed by atoms with Crippen LogP contribution < -0.4 is 10.6 Å². The summed E-state index contributed by atoms with van der Waals surface area (Å²) in [5.74, 6) is -3.41. The smallest absolute Gasteiger partial charge is 0.355 e. The number of hydrogen-bond acceptors (Lipinski definition) is 8. The molecule has 0 radical (unpaired) electrons. The van der Waals surface area contributed by atoms with Crippen LogP contribution >= 0.6 is 31.9 Å². The van der Waals surface area contributed by atoms with Gasteiger partial charge in [-0.15, -0.1) is 0 Å². The van der Waals surface area contributed by atoms with Crippen molar-refractivity contribution in [3.63, 3.8) is 0 Å². The summed E-state index contributed by atoms with van der Waals surface area (Å²) in [5, 5.41) is 0. The van der Waals surface area contributed by atoms with Crippen molar-refractivity contribution in [3.05, 3.63) is 85.7 Å². The maximum Gasteiger partial charge on any atom is 0.355 e. The average molecular weight is 622 g/mol. The van der Waals surface area contributed by atoms with E-state index in [4.69, 9.17) is 19.9 Å². The van der Waals surface area contributed by atoms with E-state index in [0.29, 0.717) is 15.7 Å². The summed E-state index contributed by atoms with van der Waals surface area (Å²) in [6.07, 6.45) is 0. The summed E-state index contributed by atoms with van der Waals surface area (Å²) in [7, 11) is 0. The molecule has 2 aromatic carbocycles. The van der Waals surface area contributed by atoms with Gasteiger partial charge in [0.15, 0.2) is 0 Å². The van der Waals surface area contributed by atoms with Gasteiger partial charge in [-0.05, 0) is 56.7 Å². The molecule has 0 bridgehead atoms. The van der Waals surface area contributed by atoms with Gasteiger partial charge in [-0.1, -0.05) is 50.1 Å². The third-order valence-electron chi connectivity index (χ3n) is 5.33. The van der Waals surface area contributed by atoms with Gasteiger partial charge in [0.1, 0.15) is 11.5 Å². The maximum atomic E-state index is 13.5. The van der Waals surface area contributed by atoms with Crippen molar-refractivity contribution < 1.29 is 28.6 Å². The largest absolute Gasteiger partial charge is 0.463 e. The van der Waals surface area contributed by atoms with Gasteiger partial charge in [-0.25, -0.2) is 14.4 Å². The Labute approximate surface area is 226 Å². The Morgan fingerprint density at radius 2 is 1.33 bits per heavy atom. The second kappa shape index (κ2) is 12.2. The van der Waals surface area contributed by atoms with Crippen LogP contribution in [0, 0.1) is 0 Å². The molecule has 190 valence electrons. The molecule has 8 nitrogen and oxygen atoms in total. The van der Waals surface area contributed by atoms with E-state index in [1.54, 1.807) is 69.3 Å². The molecule has 0 fully saturated rings. The normalized spacial score (nSPS) is 15.6. The highest BCUT2D eigenvalue weighted by atomic mass is 79.9. The van der Waals surface area contributed by atoms with E-state index in [0.717, 1.165) is 4.47 Å². The van der Waals surface area contributed by atoms with E-state index in [-0.39, 0.29) is 42.5 Å². The molecule has 3 rings (SSSR count). The summed E-state index contributed by atoms with van der Waals surface area (Å²) in [6, 6.07) is 13.9. The van der Waals surface area contributed by atoms with E-state index in [2.05, 4.69) is 31.9 Å². The molecule has 0 saturated carbocycles. The third-order valence-corrected chi connectivity index (χ3v) is 6.58. The number of esters is 3. The molecular weight excluding hydrogens is 596 g/mol. The van der Waals surface area contributed by atoms with Gasteiger partial charge in [-0.2, -0.15) is 0 Å². The highest BCUT2D eigenvalue weighted by molar-refractivity contribution is 9.10. The number of ether oxygens (including phenoxy) is 3. The molecule has 1 aliphatic heterocycles. The summed E-state index contributed by atoms with van der Waals surface area (Å²) in [6.45, 7) is 5.17. The minimum atomic E-state index is -1.07. The molecule has 0 aromatic heterocycles. The number of nitrogens with two attached hydrogens (primary N) is 1. The van der Waals surface area contributed by atoms with Gasteiger partial charge in [0.25, 0.3) is 0 Å². The van der Waals surface area contributed by atoms with Gasteiger partial charge in [0, 0.05) is 14.6 Å². The number of benzene rings is 2. The van der Waals surface area contributed by atoms with Gasteiger partial charge in [0.2, 0.25) is 0 Å². The molecular formula is C26H26Br2N2O6. The van der Waals surface area contributed by atoms with E-state index in [1.807, 2.05) is 0 Å². The molecule has 36 heavy (non-hydrogen) atoms. The van der Waals surface area contributed by atoms with Crippen molar-refractivity contribution >= 4 is 55.5 Å². The topological polar surface area (TPSA) is 108 Å². The van der Waals surface area contributed by atoms with E-state index >= 15 is 0 Å². The Hall–Kier alpha value is -3.11. The Kier molecular flexibility index (Phi) is 9.33. The summed E-state index contributed by atoms with van der Waals surface area (Å²) in [5.41, 5.74) is 7.40. The molecule has 0 aliphatic carbocycles. The van der Waals surface area contributed by atoms with Gasteiger partial charge in [0.05, 0.1) is 36.9 Å². The van der Waals surface area contributed by atoms with Crippen LogP contribution in [0.4, 0.5) is 5.69 Å². The first-order chi connectivity index (χ1) is 17.3. The van der Waals surface area contributed by atoms with Crippen molar-refractivity contribution in [1.29, 1.82) is 0 Å². The molecule has 0 saturated heterocycles. The Bertz CT molecular complexity index is 1220. The maximum absolute atomic E-state index is 13.5. The summed E-state index contributed by atoms with van der Waals surface area (Å²) >= 11 is 6.91. The summed E-state index contributed by atoms with van der Waals surface area (Å²) < 4.78 is 17.5. The molecule has 10 heteroatoms. The number of halogens is 2.